The number of hydrogen-bond donors (Lipinski definition) is 0. The van der Waals surface area contributed by atoms with E-state index in [0.717, 1.165) is 13.2 Å². The molecule has 0 atom stereocenters. The molecule has 0 aliphatic carbocycles. The van der Waals surface area contributed by atoms with E-state index < -0.39 is 0 Å². The highest BCUT2D eigenvalue weighted by Gasteiger charge is 2.08. The quantitative estimate of drug-likeness (QED) is 0.287. The Bertz CT molecular complexity index is 377. The SMILES string of the molecule is CC(C)(C)CCOCCCCCCCCCCCCCn1cccc1. The van der Waals surface area contributed by atoms with Gasteiger partial charge in [0.15, 0.2) is 0 Å². The van der Waals surface area contributed by atoms with Crippen LogP contribution in [-0.2, 0) is 11.3 Å². The molecule has 0 unspecified atom stereocenters. The van der Waals surface area contributed by atoms with Crippen molar-refractivity contribution in [2.24, 2.45) is 5.41 Å². The molecule has 0 aliphatic heterocycles. The van der Waals surface area contributed by atoms with Crippen LogP contribution in [0.2, 0.25) is 0 Å². The summed E-state index contributed by atoms with van der Waals surface area (Å²) in [6, 6.07) is 4.22. The van der Waals surface area contributed by atoms with E-state index in [4.69, 9.17) is 4.74 Å². The molecular formula is C23H43NO. The summed E-state index contributed by atoms with van der Waals surface area (Å²) in [5, 5.41) is 0. The van der Waals surface area contributed by atoms with E-state index in [1.807, 2.05) is 0 Å². The fourth-order valence-electron chi connectivity index (χ4n) is 3.09. The third kappa shape index (κ3) is 15.2. The van der Waals surface area contributed by atoms with Gasteiger partial charge in [-0.15, -0.1) is 0 Å². The van der Waals surface area contributed by atoms with Crippen LogP contribution in [0.25, 0.3) is 0 Å². The van der Waals surface area contributed by atoms with E-state index in [1.165, 1.54) is 83.6 Å². The van der Waals surface area contributed by atoms with Gasteiger partial charge in [0.05, 0.1) is 0 Å². The molecule has 2 nitrogen and oxygen atoms in total. The van der Waals surface area contributed by atoms with E-state index >= 15 is 0 Å². The Hall–Kier alpha value is -0.760. The van der Waals surface area contributed by atoms with Crippen molar-refractivity contribution in [3.05, 3.63) is 24.5 Å². The Kier molecular flexibility index (Phi) is 12.8. The average molecular weight is 350 g/mol. The lowest BCUT2D eigenvalue weighted by Crippen LogP contribution is -2.09. The maximum atomic E-state index is 5.72. The van der Waals surface area contributed by atoms with Crippen molar-refractivity contribution < 1.29 is 4.74 Å². The zero-order chi connectivity index (χ0) is 18.2. The van der Waals surface area contributed by atoms with Crippen LogP contribution >= 0.6 is 0 Å². The summed E-state index contributed by atoms with van der Waals surface area (Å²) in [5.74, 6) is 0. The molecule has 0 amide bonds. The molecule has 25 heavy (non-hydrogen) atoms. The van der Waals surface area contributed by atoms with Crippen molar-refractivity contribution in [2.75, 3.05) is 13.2 Å². The fraction of sp³-hybridized carbons (Fsp3) is 0.826. The Balaban J connectivity index is 1.69. The smallest absolute Gasteiger partial charge is 0.0471 e. The van der Waals surface area contributed by atoms with Gasteiger partial charge in [0.25, 0.3) is 0 Å². The third-order valence-electron chi connectivity index (χ3n) is 4.87. The van der Waals surface area contributed by atoms with Gasteiger partial charge >= 0.3 is 0 Å². The summed E-state index contributed by atoms with van der Waals surface area (Å²) in [6.45, 7) is 9.90. The summed E-state index contributed by atoms with van der Waals surface area (Å²) in [4.78, 5) is 0. The van der Waals surface area contributed by atoms with Gasteiger partial charge in [-0.1, -0.05) is 78.6 Å². The largest absolute Gasteiger partial charge is 0.381 e. The molecule has 1 aromatic rings. The van der Waals surface area contributed by atoms with Crippen LogP contribution in [0.1, 0.15) is 97.8 Å². The van der Waals surface area contributed by atoms with Gasteiger partial charge in [-0.2, -0.15) is 0 Å². The van der Waals surface area contributed by atoms with Crippen molar-refractivity contribution in [2.45, 2.75) is 104 Å². The molecule has 0 bridgehead atoms. The average Bonchev–Trinajstić information content (AvgIpc) is 3.07. The van der Waals surface area contributed by atoms with Crippen molar-refractivity contribution >= 4 is 0 Å². The van der Waals surface area contributed by atoms with Crippen molar-refractivity contribution in [1.82, 2.24) is 4.57 Å². The first-order valence-electron chi connectivity index (χ1n) is 10.8. The molecule has 0 aliphatic rings. The first kappa shape index (κ1) is 22.3. The maximum Gasteiger partial charge on any atom is 0.0471 e. The Labute approximate surface area is 157 Å². The standard InChI is InChI=1S/C23H43NO/c1-23(2,3)17-22-25-21-16-12-10-8-6-4-5-7-9-11-13-18-24-19-14-15-20-24/h14-15,19-20H,4-13,16-18,21-22H2,1-3H3. The molecule has 0 radical (unpaired) electrons. The number of ether oxygens (including phenoxy) is 1. The fourth-order valence-corrected chi connectivity index (χ4v) is 3.09. The molecule has 0 saturated carbocycles. The van der Waals surface area contributed by atoms with Crippen molar-refractivity contribution in [3.63, 3.8) is 0 Å². The molecule has 2 heteroatoms. The number of aromatic nitrogens is 1. The summed E-state index contributed by atoms with van der Waals surface area (Å²) in [5.41, 5.74) is 0.405. The summed E-state index contributed by atoms with van der Waals surface area (Å²) < 4.78 is 8.01. The lowest BCUT2D eigenvalue weighted by molar-refractivity contribution is 0.105. The van der Waals surface area contributed by atoms with E-state index in [0.29, 0.717) is 5.41 Å². The normalized spacial score (nSPS) is 12.0. The zero-order valence-electron chi connectivity index (χ0n) is 17.3. The molecule has 0 spiro atoms. The first-order valence-corrected chi connectivity index (χ1v) is 10.8. The van der Waals surface area contributed by atoms with Crippen LogP contribution in [0, 0.1) is 5.41 Å². The van der Waals surface area contributed by atoms with E-state index in [1.54, 1.807) is 0 Å². The first-order chi connectivity index (χ1) is 12.1. The number of unbranched alkanes of at least 4 members (excludes halogenated alkanes) is 10. The number of hydrogen-bond acceptors (Lipinski definition) is 1. The zero-order valence-corrected chi connectivity index (χ0v) is 17.3. The van der Waals surface area contributed by atoms with Crippen LogP contribution in [0.4, 0.5) is 0 Å². The molecule has 0 N–H and O–H groups in total. The number of aryl methyl sites for hydroxylation is 1. The minimum absolute atomic E-state index is 0.405. The predicted molar refractivity (Wildman–Crippen MR) is 110 cm³/mol. The Morgan fingerprint density at radius 2 is 1.12 bits per heavy atom. The van der Waals surface area contributed by atoms with E-state index in [-0.39, 0.29) is 0 Å². The molecule has 1 heterocycles. The van der Waals surface area contributed by atoms with Gasteiger partial charge in [-0.05, 0) is 36.8 Å². The molecule has 0 saturated heterocycles. The predicted octanol–water partition coefficient (Wildman–Crippen LogP) is 7.23. The lowest BCUT2D eigenvalue weighted by atomic mass is 9.93. The van der Waals surface area contributed by atoms with E-state index in [2.05, 4.69) is 49.9 Å². The van der Waals surface area contributed by atoms with Gasteiger partial charge in [-0.25, -0.2) is 0 Å². The Morgan fingerprint density at radius 1 is 0.640 bits per heavy atom. The molecule has 0 aromatic carbocycles. The van der Waals surface area contributed by atoms with E-state index in [9.17, 15) is 0 Å². The second-order valence-corrected chi connectivity index (χ2v) is 8.73. The minimum atomic E-state index is 0.405. The van der Waals surface area contributed by atoms with Crippen LogP contribution in [0.5, 0.6) is 0 Å². The highest BCUT2D eigenvalue weighted by molar-refractivity contribution is 4.89. The van der Waals surface area contributed by atoms with Crippen molar-refractivity contribution in [1.29, 1.82) is 0 Å². The summed E-state index contributed by atoms with van der Waals surface area (Å²) >= 11 is 0. The van der Waals surface area contributed by atoms with Crippen LogP contribution in [0.15, 0.2) is 24.5 Å². The highest BCUT2D eigenvalue weighted by Crippen LogP contribution is 2.18. The molecule has 1 rings (SSSR count). The van der Waals surface area contributed by atoms with Crippen LogP contribution < -0.4 is 0 Å². The van der Waals surface area contributed by atoms with Crippen LogP contribution in [-0.4, -0.2) is 17.8 Å². The number of rotatable bonds is 16. The van der Waals surface area contributed by atoms with Gasteiger partial charge in [0, 0.05) is 32.2 Å². The van der Waals surface area contributed by atoms with Gasteiger partial charge in [0.1, 0.15) is 0 Å². The monoisotopic (exact) mass is 349 g/mol. The molecule has 146 valence electrons. The highest BCUT2D eigenvalue weighted by atomic mass is 16.5. The van der Waals surface area contributed by atoms with Gasteiger partial charge < -0.3 is 9.30 Å². The lowest BCUT2D eigenvalue weighted by Gasteiger charge is -2.17. The minimum Gasteiger partial charge on any atom is -0.381 e. The van der Waals surface area contributed by atoms with Crippen LogP contribution in [0.3, 0.4) is 0 Å². The third-order valence-corrected chi connectivity index (χ3v) is 4.87. The van der Waals surface area contributed by atoms with Gasteiger partial charge in [0.2, 0.25) is 0 Å². The summed E-state index contributed by atoms with van der Waals surface area (Å²) in [6.07, 6.45) is 20.7. The number of nitrogens with zero attached hydrogens (tertiary/aromatic N) is 1. The second kappa shape index (κ2) is 14.4. The second-order valence-electron chi connectivity index (χ2n) is 8.73. The topological polar surface area (TPSA) is 14.2 Å². The molecule has 1 aromatic heterocycles. The molecule has 0 fully saturated rings. The molecular weight excluding hydrogens is 306 g/mol. The summed E-state index contributed by atoms with van der Waals surface area (Å²) in [7, 11) is 0. The van der Waals surface area contributed by atoms with Gasteiger partial charge in [-0.3, -0.25) is 0 Å². The van der Waals surface area contributed by atoms with Crippen molar-refractivity contribution in [3.8, 4) is 0 Å². The maximum absolute atomic E-state index is 5.72. The Morgan fingerprint density at radius 3 is 1.64 bits per heavy atom.